The monoisotopic (exact) mass is 607 g/mol. The minimum absolute atomic E-state index is 0.0283. The Morgan fingerprint density at radius 2 is 1.12 bits per heavy atom. The number of quaternary nitrogens is 1. The molecule has 0 aliphatic carbocycles. The molecule has 0 aliphatic rings. The van der Waals surface area contributed by atoms with E-state index in [1.807, 2.05) is 28.1 Å². The van der Waals surface area contributed by atoms with E-state index in [0.717, 1.165) is 25.7 Å². The molecule has 244 valence electrons. The fraction of sp³-hybridized carbons (Fsp3) is 0.935. The molecule has 0 aliphatic heterocycles. The molecular formula is C31H62NO8P. The van der Waals surface area contributed by atoms with Crippen molar-refractivity contribution in [3.05, 3.63) is 0 Å². The Morgan fingerprint density at radius 3 is 1.61 bits per heavy atom. The van der Waals surface area contributed by atoms with E-state index in [-0.39, 0.29) is 32.0 Å². The zero-order valence-corrected chi connectivity index (χ0v) is 27.9. The number of hydrogen-bond donors (Lipinski definition) is 0. The first kappa shape index (κ1) is 40.0. The lowest BCUT2D eigenvalue weighted by Gasteiger charge is -2.28. The molecule has 0 radical (unpaired) electrons. The highest BCUT2D eigenvalue weighted by molar-refractivity contribution is 7.45. The predicted molar refractivity (Wildman–Crippen MR) is 162 cm³/mol. The highest BCUT2D eigenvalue weighted by Crippen LogP contribution is 2.38. The van der Waals surface area contributed by atoms with E-state index in [4.69, 9.17) is 18.5 Å². The molecule has 2 atom stereocenters. The summed E-state index contributed by atoms with van der Waals surface area (Å²) in [5.74, 6) is -0.871. The van der Waals surface area contributed by atoms with Crippen molar-refractivity contribution >= 4 is 19.8 Å². The number of esters is 2. The fourth-order valence-corrected chi connectivity index (χ4v) is 4.95. The molecule has 0 aromatic carbocycles. The number of carbonyl (C=O) groups excluding carboxylic acids is 2. The molecule has 0 saturated carbocycles. The van der Waals surface area contributed by atoms with Crippen molar-refractivity contribution in [1.29, 1.82) is 0 Å². The van der Waals surface area contributed by atoms with Gasteiger partial charge >= 0.3 is 11.9 Å². The van der Waals surface area contributed by atoms with Gasteiger partial charge in [-0.15, -0.1) is 0 Å². The summed E-state index contributed by atoms with van der Waals surface area (Å²) in [6.07, 6.45) is 19.7. The van der Waals surface area contributed by atoms with Crippen molar-refractivity contribution in [2.45, 2.75) is 142 Å². The van der Waals surface area contributed by atoms with Crippen LogP contribution in [0.15, 0.2) is 0 Å². The topological polar surface area (TPSA) is 111 Å². The first-order valence-corrected chi connectivity index (χ1v) is 17.7. The van der Waals surface area contributed by atoms with Gasteiger partial charge in [0, 0.05) is 12.8 Å². The number of nitrogens with zero attached hydrogens (tertiary/aromatic N) is 1. The van der Waals surface area contributed by atoms with Crippen LogP contribution in [0.5, 0.6) is 0 Å². The minimum Gasteiger partial charge on any atom is -0.756 e. The minimum atomic E-state index is -4.58. The van der Waals surface area contributed by atoms with Gasteiger partial charge in [-0.1, -0.05) is 110 Å². The normalized spacial score (nSPS) is 14.0. The number of ether oxygens (including phenoxy) is 2. The Kier molecular flexibility index (Phi) is 24.9. The van der Waals surface area contributed by atoms with Gasteiger partial charge in [-0.3, -0.25) is 14.2 Å². The molecule has 0 spiro atoms. The van der Waals surface area contributed by atoms with Crippen LogP contribution in [0.25, 0.3) is 0 Å². The van der Waals surface area contributed by atoms with Crippen LogP contribution >= 0.6 is 7.82 Å². The molecule has 0 N–H and O–H groups in total. The Hall–Kier alpha value is -0.990. The maximum Gasteiger partial charge on any atom is 0.306 e. The van der Waals surface area contributed by atoms with Gasteiger partial charge in [0.05, 0.1) is 27.7 Å². The Bertz CT molecular complexity index is 698. The Balaban J connectivity index is 4.12. The van der Waals surface area contributed by atoms with Gasteiger partial charge in [-0.2, -0.15) is 0 Å². The van der Waals surface area contributed by atoms with E-state index in [0.29, 0.717) is 17.4 Å². The van der Waals surface area contributed by atoms with Crippen LogP contribution in [-0.2, 0) is 32.7 Å². The summed E-state index contributed by atoms with van der Waals surface area (Å²) in [6.45, 7) is 3.94. The highest BCUT2D eigenvalue weighted by Gasteiger charge is 2.21. The number of phosphoric ester groups is 1. The van der Waals surface area contributed by atoms with Crippen molar-refractivity contribution in [2.24, 2.45) is 0 Å². The van der Waals surface area contributed by atoms with Gasteiger partial charge in [-0.25, -0.2) is 0 Å². The smallest absolute Gasteiger partial charge is 0.306 e. The quantitative estimate of drug-likeness (QED) is 0.0383. The van der Waals surface area contributed by atoms with Crippen LogP contribution in [0.1, 0.15) is 136 Å². The molecule has 0 amide bonds. The molecule has 1 unspecified atom stereocenters. The molecule has 0 saturated heterocycles. The van der Waals surface area contributed by atoms with Crippen LogP contribution < -0.4 is 4.89 Å². The number of hydrogen-bond acceptors (Lipinski definition) is 8. The Labute approximate surface area is 251 Å². The zero-order valence-electron chi connectivity index (χ0n) is 27.0. The van der Waals surface area contributed by atoms with E-state index in [2.05, 4.69) is 6.92 Å². The van der Waals surface area contributed by atoms with Gasteiger partial charge in [0.15, 0.2) is 6.10 Å². The van der Waals surface area contributed by atoms with E-state index in [1.165, 1.54) is 77.0 Å². The van der Waals surface area contributed by atoms with Gasteiger partial charge in [-0.05, 0) is 12.8 Å². The van der Waals surface area contributed by atoms with Crippen molar-refractivity contribution in [2.75, 3.05) is 47.5 Å². The number of phosphoric acid groups is 1. The fourth-order valence-electron chi connectivity index (χ4n) is 4.22. The molecule has 0 fully saturated rings. The van der Waals surface area contributed by atoms with E-state index < -0.39 is 26.5 Å². The molecule has 10 heteroatoms. The van der Waals surface area contributed by atoms with Crippen molar-refractivity contribution in [3.8, 4) is 0 Å². The van der Waals surface area contributed by atoms with Crippen LogP contribution in [0.2, 0.25) is 0 Å². The average Bonchev–Trinajstić information content (AvgIpc) is 2.90. The molecule has 0 heterocycles. The highest BCUT2D eigenvalue weighted by atomic mass is 31.2. The SMILES string of the molecule is CCCCCCCCCCCCCCCCCC(=O)OC[C@H](COP(=O)([O-])OCC[N+](C)(C)C)OC(=O)CCCC. The molecule has 0 rings (SSSR count). The number of unbranched alkanes of at least 4 members (excludes halogenated alkanes) is 15. The van der Waals surface area contributed by atoms with E-state index in [9.17, 15) is 19.0 Å². The number of rotatable bonds is 29. The lowest BCUT2D eigenvalue weighted by Crippen LogP contribution is -2.37. The van der Waals surface area contributed by atoms with Crippen LogP contribution in [0, 0.1) is 0 Å². The van der Waals surface area contributed by atoms with Crippen LogP contribution in [0.4, 0.5) is 0 Å². The summed E-state index contributed by atoms with van der Waals surface area (Å²) >= 11 is 0. The summed E-state index contributed by atoms with van der Waals surface area (Å²) in [5.41, 5.74) is 0. The third kappa shape index (κ3) is 28.9. The van der Waals surface area contributed by atoms with Crippen molar-refractivity contribution in [3.63, 3.8) is 0 Å². The maximum atomic E-state index is 12.2. The molecule has 0 bridgehead atoms. The molecule has 0 aromatic rings. The van der Waals surface area contributed by atoms with Gasteiger partial charge in [0.25, 0.3) is 7.82 Å². The average molecular weight is 608 g/mol. The summed E-state index contributed by atoms with van der Waals surface area (Å²) in [6, 6.07) is 0. The van der Waals surface area contributed by atoms with Gasteiger partial charge < -0.3 is 27.9 Å². The van der Waals surface area contributed by atoms with Gasteiger partial charge in [0.1, 0.15) is 19.8 Å². The molecule has 0 aromatic heterocycles. The lowest BCUT2D eigenvalue weighted by molar-refractivity contribution is -0.870. The zero-order chi connectivity index (χ0) is 30.8. The second kappa shape index (κ2) is 25.5. The molecular weight excluding hydrogens is 545 g/mol. The summed E-state index contributed by atoms with van der Waals surface area (Å²) in [7, 11) is 1.17. The number of carbonyl (C=O) groups is 2. The second-order valence-corrected chi connectivity index (χ2v) is 13.6. The Morgan fingerprint density at radius 1 is 0.659 bits per heavy atom. The predicted octanol–water partition coefficient (Wildman–Crippen LogP) is 7.10. The third-order valence-corrected chi connectivity index (χ3v) is 7.84. The standard InChI is InChI=1S/C31H62NO8P/c1-6-8-10-11-12-13-14-15-16-17-18-19-20-21-22-24-30(33)37-27-29(40-31(34)23-9-7-2)28-39-41(35,36)38-26-25-32(3,4)5/h29H,6-28H2,1-5H3/t29-/m1/s1. The summed E-state index contributed by atoms with van der Waals surface area (Å²) < 4.78 is 33.1. The van der Waals surface area contributed by atoms with Gasteiger partial charge in [0.2, 0.25) is 0 Å². The third-order valence-electron chi connectivity index (χ3n) is 6.88. The lowest BCUT2D eigenvalue weighted by atomic mass is 10.0. The summed E-state index contributed by atoms with van der Waals surface area (Å²) in [4.78, 5) is 36.4. The van der Waals surface area contributed by atoms with Crippen LogP contribution in [-0.4, -0.2) is 70.0 Å². The van der Waals surface area contributed by atoms with Crippen molar-refractivity contribution in [1.82, 2.24) is 0 Å². The largest absolute Gasteiger partial charge is 0.756 e. The summed E-state index contributed by atoms with van der Waals surface area (Å²) in [5, 5.41) is 0. The molecule has 41 heavy (non-hydrogen) atoms. The first-order valence-electron chi connectivity index (χ1n) is 16.2. The maximum absolute atomic E-state index is 12.2. The molecule has 9 nitrogen and oxygen atoms in total. The van der Waals surface area contributed by atoms with E-state index >= 15 is 0 Å². The first-order chi connectivity index (χ1) is 19.5. The van der Waals surface area contributed by atoms with Crippen LogP contribution in [0.3, 0.4) is 0 Å². The second-order valence-electron chi connectivity index (χ2n) is 12.2. The van der Waals surface area contributed by atoms with Crippen molar-refractivity contribution < 1.29 is 42.1 Å². The number of likely N-dealkylation sites (N-methyl/N-ethyl adjacent to an activating group) is 1. The van der Waals surface area contributed by atoms with E-state index in [1.54, 1.807) is 0 Å².